The van der Waals surface area contributed by atoms with Gasteiger partial charge >= 0.3 is 5.97 Å². The van der Waals surface area contributed by atoms with Crippen molar-refractivity contribution in [2.75, 3.05) is 19.0 Å². The molecule has 0 heterocycles. The third-order valence-electron chi connectivity index (χ3n) is 3.22. The summed E-state index contributed by atoms with van der Waals surface area (Å²) in [5.41, 5.74) is 0.0444. The van der Waals surface area contributed by atoms with Gasteiger partial charge in [-0.05, 0) is 36.4 Å². The lowest BCUT2D eigenvalue weighted by Crippen LogP contribution is -2.16. The van der Waals surface area contributed by atoms with E-state index in [0.29, 0.717) is 5.75 Å². The van der Waals surface area contributed by atoms with Crippen LogP contribution in [0.5, 0.6) is 5.75 Å². The van der Waals surface area contributed by atoms with Crippen molar-refractivity contribution in [3.63, 3.8) is 0 Å². The molecule has 0 fully saturated rings. The molecule has 2 aromatic rings. The first-order chi connectivity index (χ1) is 11.4. The van der Waals surface area contributed by atoms with Gasteiger partial charge in [-0.2, -0.15) is 0 Å². The smallest absolute Gasteiger partial charge is 0.339 e. The monoisotopic (exact) mass is 412 g/mol. The maximum absolute atomic E-state index is 12.1. The average molecular weight is 413 g/mol. The first-order valence-corrected chi connectivity index (χ1v) is 9.76. The molecule has 2 aromatic carbocycles. The molecule has 0 aliphatic heterocycles. The van der Waals surface area contributed by atoms with Crippen molar-refractivity contribution in [3.05, 3.63) is 58.6 Å². The Hall–Kier alpha value is -1.86. The molecule has 0 bridgehead atoms. The number of halogens is 1. The lowest BCUT2D eigenvalue weighted by molar-refractivity contribution is 0.0446. The van der Waals surface area contributed by atoms with E-state index in [1.54, 1.807) is 24.3 Å². The lowest BCUT2D eigenvalue weighted by Gasteiger charge is -2.10. The van der Waals surface area contributed by atoms with Crippen LogP contribution in [0.2, 0.25) is 0 Å². The Morgan fingerprint density at radius 1 is 1.04 bits per heavy atom. The van der Waals surface area contributed by atoms with E-state index in [1.165, 1.54) is 19.1 Å². The van der Waals surface area contributed by atoms with Gasteiger partial charge < -0.3 is 9.47 Å². The van der Waals surface area contributed by atoms with E-state index in [9.17, 15) is 13.2 Å². The highest BCUT2D eigenvalue weighted by atomic mass is 79.9. The Balaban J connectivity index is 1.95. The van der Waals surface area contributed by atoms with E-state index in [-0.39, 0.29) is 29.4 Å². The zero-order valence-electron chi connectivity index (χ0n) is 13.1. The van der Waals surface area contributed by atoms with E-state index >= 15 is 0 Å². The minimum Gasteiger partial charge on any atom is -0.490 e. The largest absolute Gasteiger partial charge is 0.490 e. The number of rotatable bonds is 7. The number of hydrogen-bond donors (Lipinski definition) is 0. The summed E-state index contributed by atoms with van der Waals surface area (Å²) in [5.74, 6) is -0.102. The molecule has 0 spiro atoms. The van der Waals surface area contributed by atoms with Crippen molar-refractivity contribution in [2.24, 2.45) is 0 Å². The molecule has 0 atom stereocenters. The van der Waals surface area contributed by atoms with Gasteiger partial charge in [-0.25, -0.2) is 13.2 Å². The maximum Gasteiger partial charge on any atom is 0.339 e. The van der Waals surface area contributed by atoms with Crippen LogP contribution in [0, 0.1) is 0 Å². The molecule has 128 valence electrons. The molecule has 0 unspecified atom stereocenters. The standard InChI is InChI=1S/C17H17BrO5S/c1-2-24(20,21)16-6-4-3-5-15(16)17(19)23-12-11-22-14-9-7-13(18)8-10-14/h3-10H,2,11-12H2,1H3. The van der Waals surface area contributed by atoms with Gasteiger partial charge in [0, 0.05) is 4.47 Å². The highest BCUT2D eigenvalue weighted by Crippen LogP contribution is 2.18. The normalized spacial score (nSPS) is 11.1. The van der Waals surface area contributed by atoms with Crippen molar-refractivity contribution in [1.82, 2.24) is 0 Å². The maximum atomic E-state index is 12.1. The van der Waals surface area contributed by atoms with Crippen molar-refractivity contribution in [3.8, 4) is 5.75 Å². The van der Waals surface area contributed by atoms with Crippen molar-refractivity contribution >= 4 is 31.7 Å². The number of carbonyl (C=O) groups is 1. The molecule has 0 aromatic heterocycles. The molecular formula is C17H17BrO5S. The highest BCUT2D eigenvalue weighted by Gasteiger charge is 2.21. The summed E-state index contributed by atoms with van der Waals surface area (Å²) in [4.78, 5) is 12.1. The predicted octanol–water partition coefficient (Wildman–Crippen LogP) is 3.48. The molecular weight excluding hydrogens is 396 g/mol. The van der Waals surface area contributed by atoms with Gasteiger partial charge in [-0.3, -0.25) is 0 Å². The number of ether oxygens (including phenoxy) is 2. The molecule has 0 aliphatic rings. The van der Waals surface area contributed by atoms with E-state index in [4.69, 9.17) is 9.47 Å². The number of carbonyl (C=O) groups excluding carboxylic acids is 1. The fraction of sp³-hybridized carbons (Fsp3) is 0.235. The summed E-state index contributed by atoms with van der Waals surface area (Å²) >= 11 is 3.33. The van der Waals surface area contributed by atoms with Crippen LogP contribution in [0.3, 0.4) is 0 Å². The average Bonchev–Trinajstić information content (AvgIpc) is 2.60. The molecule has 0 aliphatic carbocycles. The van der Waals surface area contributed by atoms with Gasteiger partial charge in [0.15, 0.2) is 9.84 Å². The van der Waals surface area contributed by atoms with Crippen LogP contribution >= 0.6 is 15.9 Å². The Morgan fingerprint density at radius 2 is 1.71 bits per heavy atom. The van der Waals surface area contributed by atoms with Crippen molar-refractivity contribution in [1.29, 1.82) is 0 Å². The van der Waals surface area contributed by atoms with Crippen LogP contribution in [0.25, 0.3) is 0 Å². The molecule has 0 saturated heterocycles. The van der Waals surface area contributed by atoms with Crippen LogP contribution < -0.4 is 4.74 Å². The Labute approximate surface area is 149 Å². The number of sulfone groups is 1. The minimum absolute atomic E-state index is 0.00803. The summed E-state index contributed by atoms with van der Waals surface area (Å²) < 4.78 is 35.6. The van der Waals surface area contributed by atoms with Crippen LogP contribution in [0.15, 0.2) is 57.9 Å². The third-order valence-corrected chi connectivity index (χ3v) is 5.54. The number of benzene rings is 2. The first-order valence-electron chi connectivity index (χ1n) is 7.31. The first kappa shape index (κ1) is 18.5. The fourth-order valence-electron chi connectivity index (χ4n) is 1.96. The van der Waals surface area contributed by atoms with Crippen LogP contribution in [-0.4, -0.2) is 33.4 Å². The van der Waals surface area contributed by atoms with Gasteiger partial charge in [0.2, 0.25) is 0 Å². The van der Waals surface area contributed by atoms with E-state index < -0.39 is 15.8 Å². The lowest BCUT2D eigenvalue weighted by atomic mass is 10.2. The second kappa shape index (κ2) is 8.30. The SMILES string of the molecule is CCS(=O)(=O)c1ccccc1C(=O)OCCOc1ccc(Br)cc1. The minimum atomic E-state index is -3.49. The summed E-state index contributed by atoms with van der Waals surface area (Å²) in [6.07, 6.45) is 0. The zero-order valence-corrected chi connectivity index (χ0v) is 15.5. The van der Waals surface area contributed by atoms with E-state index in [2.05, 4.69) is 15.9 Å². The Bertz CT molecular complexity index is 800. The Kier molecular flexibility index (Phi) is 6.39. The van der Waals surface area contributed by atoms with E-state index in [1.807, 2.05) is 12.1 Å². The molecule has 0 radical (unpaired) electrons. The predicted molar refractivity (Wildman–Crippen MR) is 94.1 cm³/mol. The summed E-state index contributed by atoms with van der Waals surface area (Å²) in [5, 5.41) is 0. The molecule has 0 saturated carbocycles. The summed E-state index contributed by atoms with van der Waals surface area (Å²) in [6, 6.07) is 13.3. The zero-order chi connectivity index (χ0) is 17.6. The molecule has 0 amide bonds. The second-order valence-electron chi connectivity index (χ2n) is 4.84. The van der Waals surface area contributed by atoms with Crippen LogP contribution in [0.1, 0.15) is 17.3 Å². The van der Waals surface area contributed by atoms with Crippen LogP contribution in [0.4, 0.5) is 0 Å². The quantitative estimate of drug-likeness (QED) is 0.514. The summed E-state index contributed by atoms with van der Waals surface area (Å²) in [7, 11) is -3.49. The second-order valence-corrected chi connectivity index (χ2v) is 8.00. The van der Waals surface area contributed by atoms with Crippen molar-refractivity contribution in [2.45, 2.75) is 11.8 Å². The van der Waals surface area contributed by atoms with E-state index in [0.717, 1.165) is 4.47 Å². The number of hydrogen-bond acceptors (Lipinski definition) is 5. The highest BCUT2D eigenvalue weighted by molar-refractivity contribution is 9.10. The van der Waals surface area contributed by atoms with Gasteiger partial charge in [-0.1, -0.05) is 35.0 Å². The van der Waals surface area contributed by atoms with Crippen molar-refractivity contribution < 1.29 is 22.7 Å². The molecule has 2 rings (SSSR count). The molecule has 7 heteroatoms. The Morgan fingerprint density at radius 3 is 2.38 bits per heavy atom. The molecule has 5 nitrogen and oxygen atoms in total. The van der Waals surface area contributed by atoms with Crippen LogP contribution in [-0.2, 0) is 14.6 Å². The van der Waals surface area contributed by atoms with Gasteiger partial charge in [0.1, 0.15) is 19.0 Å². The molecule has 24 heavy (non-hydrogen) atoms. The summed E-state index contributed by atoms with van der Waals surface area (Å²) in [6.45, 7) is 1.73. The molecule has 0 N–H and O–H groups in total. The van der Waals surface area contributed by atoms with Gasteiger partial charge in [-0.15, -0.1) is 0 Å². The van der Waals surface area contributed by atoms with Gasteiger partial charge in [0.25, 0.3) is 0 Å². The number of esters is 1. The topological polar surface area (TPSA) is 69.7 Å². The van der Waals surface area contributed by atoms with Gasteiger partial charge in [0.05, 0.1) is 16.2 Å². The fourth-order valence-corrected chi connectivity index (χ4v) is 3.31. The third kappa shape index (κ3) is 4.82.